The number of benzene rings is 3. The van der Waals surface area contributed by atoms with Crippen molar-refractivity contribution in [2.75, 3.05) is 32.8 Å². The molecule has 1 N–H and O–H groups in total. The van der Waals surface area contributed by atoms with E-state index in [1.165, 1.54) is 30.6 Å². The number of ether oxygens (including phenoxy) is 2. The lowest BCUT2D eigenvalue weighted by molar-refractivity contribution is 0.0496. The van der Waals surface area contributed by atoms with Crippen molar-refractivity contribution in [2.24, 2.45) is 0 Å². The number of rotatable bonds is 11. The van der Waals surface area contributed by atoms with Gasteiger partial charge in [-0.1, -0.05) is 50.1 Å². The maximum atomic E-state index is 14.3. The first kappa shape index (κ1) is 27.9. The largest absolute Gasteiger partial charge is 0.508 e. The van der Waals surface area contributed by atoms with Gasteiger partial charge >= 0.3 is 5.97 Å². The summed E-state index contributed by atoms with van der Waals surface area (Å²) in [6, 6.07) is 17.9. The number of phenolic OH excluding ortho intramolecular Hbond substituents is 1. The maximum absolute atomic E-state index is 14.3. The molecule has 0 spiro atoms. The minimum Gasteiger partial charge on any atom is -0.508 e. The summed E-state index contributed by atoms with van der Waals surface area (Å²) in [5, 5.41) is 12.6. The van der Waals surface area contributed by atoms with Crippen LogP contribution in [0.2, 0.25) is 0 Å². The molecule has 6 nitrogen and oxygen atoms in total. The van der Waals surface area contributed by atoms with Gasteiger partial charge < -0.3 is 14.6 Å². The number of phenols is 1. The Kier molecular flexibility index (Phi) is 9.14. The quantitative estimate of drug-likeness (QED) is 0.118. The Morgan fingerprint density at radius 2 is 1.73 bits per heavy atom. The fourth-order valence-electron chi connectivity index (χ4n) is 5.12. The molecule has 0 saturated carbocycles. The predicted molar refractivity (Wildman–Crippen MR) is 160 cm³/mol. The molecule has 0 radical (unpaired) electrons. The van der Waals surface area contributed by atoms with Gasteiger partial charge in [-0.05, 0) is 73.8 Å². The van der Waals surface area contributed by atoms with Crippen LogP contribution in [0.4, 0.5) is 0 Å². The van der Waals surface area contributed by atoms with Crippen molar-refractivity contribution in [3.63, 3.8) is 0 Å². The highest BCUT2D eigenvalue weighted by atomic mass is 32.1. The highest BCUT2D eigenvalue weighted by Crippen LogP contribution is 2.36. The van der Waals surface area contributed by atoms with Crippen LogP contribution in [0.25, 0.3) is 21.2 Å². The molecule has 1 saturated heterocycles. The van der Waals surface area contributed by atoms with Gasteiger partial charge in [-0.3, -0.25) is 9.69 Å². The Hall–Kier alpha value is -3.68. The van der Waals surface area contributed by atoms with Crippen LogP contribution in [0.15, 0.2) is 66.0 Å². The van der Waals surface area contributed by atoms with E-state index in [0.29, 0.717) is 29.0 Å². The fourth-order valence-corrected chi connectivity index (χ4v) is 6.07. The SMILES string of the molecule is CCCCOC(=O)c1cc(OCCN2CCCCC2)cc(-c2ccc(O)cc2)c1C(=O)c1csc2ccccc12. The van der Waals surface area contributed by atoms with Crippen LogP contribution in [0, 0.1) is 0 Å². The number of carbonyl (C=O) groups is 2. The number of hydrogen-bond donors (Lipinski definition) is 1. The number of esters is 1. The van der Waals surface area contributed by atoms with E-state index in [4.69, 9.17) is 9.47 Å². The minimum atomic E-state index is -0.544. The first-order valence-corrected chi connectivity index (χ1v) is 14.9. The first-order valence-electron chi connectivity index (χ1n) is 14.1. The molecule has 1 aromatic heterocycles. The zero-order chi connectivity index (χ0) is 27.9. The summed E-state index contributed by atoms with van der Waals surface area (Å²) in [6.07, 6.45) is 5.30. The number of ketones is 1. The van der Waals surface area contributed by atoms with Crippen LogP contribution in [0.3, 0.4) is 0 Å². The molecule has 1 aliphatic heterocycles. The molecular weight excluding hydrogens is 522 g/mol. The van der Waals surface area contributed by atoms with Crippen LogP contribution < -0.4 is 4.74 Å². The summed E-state index contributed by atoms with van der Waals surface area (Å²) in [4.78, 5) is 30.2. The Morgan fingerprint density at radius 3 is 2.50 bits per heavy atom. The van der Waals surface area contributed by atoms with E-state index in [9.17, 15) is 14.7 Å². The molecule has 0 atom stereocenters. The van der Waals surface area contributed by atoms with Crippen molar-refractivity contribution in [1.82, 2.24) is 4.90 Å². The normalized spacial score (nSPS) is 13.8. The topological polar surface area (TPSA) is 76.1 Å². The van der Waals surface area contributed by atoms with Gasteiger partial charge in [-0.2, -0.15) is 0 Å². The minimum absolute atomic E-state index is 0.119. The summed E-state index contributed by atoms with van der Waals surface area (Å²) in [7, 11) is 0. The monoisotopic (exact) mass is 557 g/mol. The molecule has 1 aliphatic rings. The molecule has 2 heterocycles. The van der Waals surface area contributed by atoms with Gasteiger partial charge in [0.25, 0.3) is 0 Å². The van der Waals surface area contributed by atoms with Crippen molar-refractivity contribution < 1.29 is 24.2 Å². The molecule has 1 fully saturated rings. The van der Waals surface area contributed by atoms with Crippen molar-refractivity contribution in [2.45, 2.75) is 39.0 Å². The lowest BCUT2D eigenvalue weighted by Gasteiger charge is -2.26. The molecule has 5 rings (SSSR count). The summed E-state index contributed by atoms with van der Waals surface area (Å²) < 4.78 is 12.8. The molecule has 208 valence electrons. The van der Waals surface area contributed by atoms with Gasteiger partial charge in [-0.15, -0.1) is 11.3 Å². The molecule has 3 aromatic carbocycles. The van der Waals surface area contributed by atoms with E-state index in [0.717, 1.165) is 42.6 Å². The number of likely N-dealkylation sites (tertiary alicyclic amines) is 1. The van der Waals surface area contributed by atoms with Gasteiger partial charge in [0.1, 0.15) is 18.1 Å². The van der Waals surface area contributed by atoms with E-state index in [1.54, 1.807) is 30.3 Å². The number of nitrogens with zero attached hydrogens (tertiary/aromatic N) is 1. The van der Waals surface area contributed by atoms with Crippen LogP contribution in [0.1, 0.15) is 65.3 Å². The molecule has 0 unspecified atom stereocenters. The Labute approximate surface area is 239 Å². The molecule has 0 aliphatic carbocycles. The van der Waals surface area contributed by atoms with Gasteiger partial charge in [0.15, 0.2) is 5.78 Å². The first-order chi connectivity index (χ1) is 19.5. The number of carbonyl (C=O) groups excluding carboxylic acids is 2. The van der Waals surface area contributed by atoms with Gasteiger partial charge in [0.05, 0.1) is 12.2 Å². The van der Waals surface area contributed by atoms with Crippen molar-refractivity contribution in [3.05, 3.63) is 82.7 Å². The van der Waals surface area contributed by atoms with Gasteiger partial charge in [-0.25, -0.2) is 4.79 Å². The predicted octanol–water partition coefficient (Wildman–Crippen LogP) is 7.33. The molecule has 0 amide bonds. The summed E-state index contributed by atoms with van der Waals surface area (Å²) >= 11 is 1.50. The number of thiophene rings is 1. The number of piperidine rings is 1. The van der Waals surface area contributed by atoms with Crippen LogP contribution in [-0.4, -0.2) is 54.6 Å². The van der Waals surface area contributed by atoms with Crippen LogP contribution in [-0.2, 0) is 4.74 Å². The maximum Gasteiger partial charge on any atom is 0.339 e. The van der Waals surface area contributed by atoms with E-state index < -0.39 is 5.97 Å². The summed E-state index contributed by atoms with van der Waals surface area (Å²) in [5.74, 6) is -0.163. The van der Waals surface area contributed by atoms with Crippen LogP contribution >= 0.6 is 11.3 Å². The van der Waals surface area contributed by atoms with Crippen LogP contribution in [0.5, 0.6) is 11.5 Å². The molecule has 0 bridgehead atoms. The average molecular weight is 558 g/mol. The Morgan fingerprint density at radius 1 is 0.950 bits per heavy atom. The summed E-state index contributed by atoms with van der Waals surface area (Å²) in [5.41, 5.74) is 2.28. The van der Waals surface area contributed by atoms with E-state index >= 15 is 0 Å². The number of hydrogen-bond acceptors (Lipinski definition) is 7. The molecular formula is C33H35NO5S. The third kappa shape index (κ3) is 6.37. The highest BCUT2D eigenvalue weighted by Gasteiger charge is 2.27. The number of fused-ring (bicyclic) bond motifs is 1. The number of aromatic hydroxyl groups is 1. The fraction of sp³-hybridized carbons (Fsp3) is 0.333. The molecule has 7 heteroatoms. The standard InChI is InChI=1S/C33H35NO5S/c1-2-3-18-39-33(37)28-21-25(38-19-17-34-15-7-4-8-16-34)20-27(23-11-13-24(35)14-12-23)31(28)32(36)29-22-40-30-10-6-5-9-26(29)30/h5-6,9-14,20-22,35H,2-4,7-8,15-19H2,1H3. The van der Waals surface area contributed by atoms with Crippen molar-refractivity contribution >= 4 is 33.2 Å². The average Bonchev–Trinajstić information content (AvgIpc) is 3.42. The lowest BCUT2D eigenvalue weighted by atomic mass is 9.89. The van der Waals surface area contributed by atoms with Crippen molar-refractivity contribution in [1.29, 1.82) is 0 Å². The third-order valence-corrected chi connectivity index (χ3v) is 8.28. The van der Waals surface area contributed by atoms with E-state index in [-0.39, 0.29) is 29.3 Å². The van der Waals surface area contributed by atoms with Gasteiger partial charge in [0.2, 0.25) is 0 Å². The Bertz CT molecular complexity index is 1470. The van der Waals surface area contributed by atoms with Gasteiger partial charge in [0, 0.05) is 33.1 Å². The second-order valence-electron chi connectivity index (χ2n) is 10.2. The second kappa shape index (κ2) is 13.1. The zero-order valence-electron chi connectivity index (χ0n) is 22.9. The van der Waals surface area contributed by atoms with E-state index in [1.807, 2.05) is 42.6 Å². The number of unbranched alkanes of at least 4 members (excludes halogenated alkanes) is 1. The third-order valence-electron chi connectivity index (χ3n) is 7.32. The Balaban J connectivity index is 1.58. The lowest BCUT2D eigenvalue weighted by Crippen LogP contribution is -2.33. The smallest absolute Gasteiger partial charge is 0.339 e. The molecule has 40 heavy (non-hydrogen) atoms. The van der Waals surface area contributed by atoms with Crippen molar-refractivity contribution in [3.8, 4) is 22.6 Å². The zero-order valence-corrected chi connectivity index (χ0v) is 23.7. The molecule has 4 aromatic rings. The summed E-state index contributed by atoms with van der Waals surface area (Å²) in [6.45, 7) is 5.72. The van der Waals surface area contributed by atoms with E-state index in [2.05, 4.69) is 4.90 Å². The highest BCUT2D eigenvalue weighted by molar-refractivity contribution is 7.17. The second-order valence-corrected chi connectivity index (χ2v) is 11.1.